The molecule has 0 aromatic carbocycles. The average molecular weight is 231 g/mol. The first-order chi connectivity index (χ1) is 8.36. The number of amides is 1. The molecule has 1 aliphatic heterocycles. The molecular weight excluding hydrogens is 214 g/mol. The molecular formula is C13H17N3O. The standard InChI is InChI=1S/C13H17N3O/c17-13(10-3-1-4-10)16-8-2-5-12(16)11-9-14-6-7-15-11/h6-7,9-10,12H,1-5,8H2. The molecule has 4 nitrogen and oxygen atoms in total. The van der Waals surface area contributed by atoms with E-state index in [0.717, 1.165) is 37.9 Å². The predicted octanol–water partition coefficient (Wildman–Crippen LogP) is 1.94. The summed E-state index contributed by atoms with van der Waals surface area (Å²) in [5.41, 5.74) is 0.942. The van der Waals surface area contributed by atoms with Crippen molar-refractivity contribution in [2.75, 3.05) is 6.54 Å². The maximum atomic E-state index is 12.3. The molecule has 1 atom stereocenters. The number of likely N-dealkylation sites (tertiary alicyclic amines) is 1. The van der Waals surface area contributed by atoms with E-state index in [1.54, 1.807) is 18.6 Å². The first kappa shape index (κ1) is 10.7. The Hall–Kier alpha value is -1.45. The third kappa shape index (κ3) is 1.92. The molecule has 1 aromatic heterocycles. The molecule has 1 unspecified atom stereocenters. The number of nitrogens with zero attached hydrogens (tertiary/aromatic N) is 3. The van der Waals surface area contributed by atoms with Gasteiger partial charge in [-0.2, -0.15) is 0 Å². The largest absolute Gasteiger partial charge is 0.334 e. The lowest BCUT2D eigenvalue weighted by molar-refractivity contribution is -0.139. The number of carbonyl (C=O) groups excluding carboxylic acids is 1. The van der Waals surface area contributed by atoms with Crippen molar-refractivity contribution in [3.8, 4) is 0 Å². The summed E-state index contributed by atoms with van der Waals surface area (Å²) in [5, 5.41) is 0. The molecule has 0 radical (unpaired) electrons. The van der Waals surface area contributed by atoms with E-state index in [0.29, 0.717) is 5.91 Å². The molecule has 90 valence electrons. The molecule has 2 fully saturated rings. The highest BCUT2D eigenvalue weighted by Crippen LogP contribution is 2.36. The predicted molar refractivity (Wildman–Crippen MR) is 63.1 cm³/mol. The zero-order valence-electron chi connectivity index (χ0n) is 9.88. The number of carbonyl (C=O) groups is 1. The van der Waals surface area contributed by atoms with Crippen molar-refractivity contribution in [3.05, 3.63) is 24.3 Å². The molecule has 2 aliphatic rings. The summed E-state index contributed by atoms with van der Waals surface area (Å²) >= 11 is 0. The highest BCUT2D eigenvalue weighted by atomic mass is 16.2. The fourth-order valence-electron chi connectivity index (χ4n) is 2.71. The first-order valence-electron chi connectivity index (χ1n) is 6.42. The van der Waals surface area contributed by atoms with Gasteiger partial charge in [-0.25, -0.2) is 0 Å². The van der Waals surface area contributed by atoms with E-state index in [4.69, 9.17) is 0 Å². The fraction of sp³-hybridized carbons (Fsp3) is 0.615. The van der Waals surface area contributed by atoms with Gasteiger partial charge in [0, 0.05) is 24.9 Å². The molecule has 2 heterocycles. The average Bonchev–Trinajstić information content (AvgIpc) is 2.76. The summed E-state index contributed by atoms with van der Waals surface area (Å²) in [6, 6.07) is 0.164. The Kier molecular flexibility index (Phi) is 2.79. The van der Waals surface area contributed by atoms with Crippen molar-refractivity contribution in [2.24, 2.45) is 5.92 Å². The Balaban J connectivity index is 1.77. The van der Waals surface area contributed by atoms with Crippen LogP contribution < -0.4 is 0 Å². The summed E-state index contributed by atoms with van der Waals surface area (Å²) in [6.45, 7) is 0.885. The number of hydrogen-bond acceptors (Lipinski definition) is 3. The molecule has 1 saturated carbocycles. The Morgan fingerprint density at radius 1 is 1.24 bits per heavy atom. The van der Waals surface area contributed by atoms with Crippen LogP contribution >= 0.6 is 0 Å². The van der Waals surface area contributed by atoms with E-state index >= 15 is 0 Å². The van der Waals surface area contributed by atoms with Crippen LogP contribution in [0.2, 0.25) is 0 Å². The third-order valence-corrected chi connectivity index (χ3v) is 3.91. The van der Waals surface area contributed by atoms with E-state index in [1.165, 1.54) is 6.42 Å². The minimum Gasteiger partial charge on any atom is -0.334 e. The molecule has 1 aromatic rings. The first-order valence-corrected chi connectivity index (χ1v) is 6.42. The molecule has 1 saturated heterocycles. The summed E-state index contributed by atoms with van der Waals surface area (Å²) in [5.74, 6) is 0.622. The van der Waals surface area contributed by atoms with Crippen LogP contribution in [0, 0.1) is 5.92 Å². The Morgan fingerprint density at radius 2 is 2.12 bits per heavy atom. The van der Waals surface area contributed by atoms with Crippen molar-refractivity contribution >= 4 is 5.91 Å². The Labute approximate surface area is 101 Å². The van der Waals surface area contributed by atoms with Crippen LogP contribution in [0.3, 0.4) is 0 Å². The van der Waals surface area contributed by atoms with Crippen LogP contribution in [0.5, 0.6) is 0 Å². The van der Waals surface area contributed by atoms with Gasteiger partial charge in [-0.1, -0.05) is 6.42 Å². The van der Waals surface area contributed by atoms with E-state index < -0.39 is 0 Å². The van der Waals surface area contributed by atoms with Crippen LogP contribution in [0.4, 0.5) is 0 Å². The van der Waals surface area contributed by atoms with E-state index in [9.17, 15) is 4.79 Å². The number of hydrogen-bond donors (Lipinski definition) is 0. The third-order valence-electron chi connectivity index (χ3n) is 3.91. The lowest BCUT2D eigenvalue weighted by atomic mass is 9.84. The van der Waals surface area contributed by atoms with Gasteiger partial charge < -0.3 is 4.90 Å². The van der Waals surface area contributed by atoms with Gasteiger partial charge in [0.05, 0.1) is 17.9 Å². The van der Waals surface area contributed by atoms with Crippen LogP contribution in [-0.4, -0.2) is 27.3 Å². The van der Waals surface area contributed by atoms with Crippen molar-refractivity contribution < 1.29 is 4.79 Å². The van der Waals surface area contributed by atoms with Crippen molar-refractivity contribution in [3.63, 3.8) is 0 Å². The highest BCUT2D eigenvalue weighted by Gasteiger charge is 2.36. The van der Waals surface area contributed by atoms with Gasteiger partial charge in [-0.05, 0) is 25.7 Å². The van der Waals surface area contributed by atoms with Gasteiger partial charge in [-0.15, -0.1) is 0 Å². The molecule has 17 heavy (non-hydrogen) atoms. The van der Waals surface area contributed by atoms with Crippen LogP contribution in [0.25, 0.3) is 0 Å². The van der Waals surface area contributed by atoms with E-state index in [-0.39, 0.29) is 12.0 Å². The normalized spacial score (nSPS) is 24.7. The number of rotatable bonds is 2. The molecule has 1 aliphatic carbocycles. The van der Waals surface area contributed by atoms with Gasteiger partial charge in [0.15, 0.2) is 0 Å². The monoisotopic (exact) mass is 231 g/mol. The van der Waals surface area contributed by atoms with Gasteiger partial charge >= 0.3 is 0 Å². The topological polar surface area (TPSA) is 46.1 Å². The van der Waals surface area contributed by atoms with Gasteiger partial charge in [0.1, 0.15) is 0 Å². The molecule has 0 N–H and O–H groups in total. The smallest absolute Gasteiger partial charge is 0.226 e. The maximum Gasteiger partial charge on any atom is 0.226 e. The van der Waals surface area contributed by atoms with Crippen molar-refractivity contribution in [1.29, 1.82) is 0 Å². The molecule has 3 rings (SSSR count). The van der Waals surface area contributed by atoms with Crippen LogP contribution in [0.1, 0.15) is 43.8 Å². The van der Waals surface area contributed by atoms with E-state index in [2.05, 4.69) is 9.97 Å². The number of aromatic nitrogens is 2. The Morgan fingerprint density at radius 3 is 2.76 bits per heavy atom. The maximum absolute atomic E-state index is 12.3. The quantitative estimate of drug-likeness (QED) is 0.781. The SMILES string of the molecule is O=C(C1CCC1)N1CCCC1c1cnccn1. The van der Waals surface area contributed by atoms with Gasteiger partial charge in [0.25, 0.3) is 0 Å². The zero-order chi connectivity index (χ0) is 11.7. The fourth-order valence-corrected chi connectivity index (χ4v) is 2.71. The second-order valence-electron chi connectivity index (χ2n) is 4.95. The lowest BCUT2D eigenvalue weighted by Crippen LogP contribution is -2.38. The minimum absolute atomic E-state index is 0.164. The summed E-state index contributed by atoms with van der Waals surface area (Å²) < 4.78 is 0. The second kappa shape index (κ2) is 4.43. The van der Waals surface area contributed by atoms with Crippen LogP contribution in [-0.2, 0) is 4.79 Å². The Bertz CT molecular complexity index is 402. The van der Waals surface area contributed by atoms with Gasteiger partial charge in [-0.3, -0.25) is 14.8 Å². The van der Waals surface area contributed by atoms with Crippen molar-refractivity contribution in [2.45, 2.75) is 38.1 Å². The minimum atomic E-state index is 0.164. The van der Waals surface area contributed by atoms with Gasteiger partial charge in [0.2, 0.25) is 5.91 Å². The summed E-state index contributed by atoms with van der Waals surface area (Å²) in [7, 11) is 0. The second-order valence-corrected chi connectivity index (χ2v) is 4.95. The summed E-state index contributed by atoms with van der Waals surface area (Å²) in [6.07, 6.45) is 10.6. The lowest BCUT2D eigenvalue weighted by Gasteiger charge is -2.32. The zero-order valence-corrected chi connectivity index (χ0v) is 9.88. The van der Waals surface area contributed by atoms with E-state index in [1.807, 2.05) is 4.90 Å². The summed E-state index contributed by atoms with van der Waals surface area (Å²) in [4.78, 5) is 22.8. The molecule has 1 amide bonds. The molecule has 0 bridgehead atoms. The highest BCUT2D eigenvalue weighted by molar-refractivity contribution is 5.80. The molecule has 0 spiro atoms. The van der Waals surface area contributed by atoms with Crippen molar-refractivity contribution in [1.82, 2.24) is 14.9 Å². The molecule has 4 heteroatoms. The van der Waals surface area contributed by atoms with Crippen LogP contribution in [0.15, 0.2) is 18.6 Å².